The van der Waals surface area contributed by atoms with Gasteiger partial charge in [-0.3, -0.25) is 0 Å². The van der Waals surface area contributed by atoms with Gasteiger partial charge < -0.3 is 15.6 Å². The van der Waals surface area contributed by atoms with Crippen molar-refractivity contribution in [1.82, 2.24) is 0 Å². The fraction of sp³-hybridized carbons (Fsp3) is 0.105. The van der Waals surface area contributed by atoms with Crippen LogP contribution in [0.2, 0.25) is 0 Å². The van der Waals surface area contributed by atoms with Crippen LogP contribution in [0.1, 0.15) is 11.1 Å². The largest absolute Gasteiger partial charge is 0.497 e. The third-order valence-electron chi connectivity index (χ3n) is 4.37. The highest BCUT2D eigenvalue weighted by Gasteiger charge is 2.43. The van der Waals surface area contributed by atoms with Gasteiger partial charge in [0.15, 0.2) is 5.60 Å². The first-order chi connectivity index (χ1) is 11.1. The molecule has 0 aromatic heterocycles. The molecular weight excluding hydrogens is 288 g/mol. The molecule has 0 bridgehead atoms. The molecule has 3 aromatic rings. The lowest BCUT2D eigenvalue weighted by Gasteiger charge is -2.26. The summed E-state index contributed by atoms with van der Waals surface area (Å²) in [4.78, 5) is 4.35. The van der Waals surface area contributed by atoms with E-state index in [4.69, 9.17) is 10.5 Å². The van der Waals surface area contributed by atoms with Crippen LogP contribution >= 0.6 is 0 Å². The maximum Gasteiger partial charge on any atom is 0.175 e. The van der Waals surface area contributed by atoms with Gasteiger partial charge in [-0.1, -0.05) is 42.5 Å². The highest BCUT2D eigenvalue weighted by atomic mass is 16.5. The van der Waals surface area contributed by atoms with Gasteiger partial charge in [0.05, 0.1) is 12.8 Å². The summed E-state index contributed by atoms with van der Waals surface area (Å²) in [7, 11) is 1.61. The molecule has 23 heavy (non-hydrogen) atoms. The average Bonchev–Trinajstić information content (AvgIpc) is 2.86. The Kier molecular flexibility index (Phi) is 2.89. The molecule has 0 aliphatic carbocycles. The zero-order valence-electron chi connectivity index (χ0n) is 12.7. The lowest BCUT2D eigenvalue weighted by Crippen LogP contribution is -2.39. The number of benzene rings is 3. The van der Waals surface area contributed by atoms with Crippen LogP contribution in [0.25, 0.3) is 10.8 Å². The van der Waals surface area contributed by atoms with E-state index in [-0.39, 0.29) is 5.84 Å². The van der Waals surface area contributed by atoms with Gasteiger partial charge in [0, 0.05) is 11.1 Å². The number of hydrogen-bond acceptors (Lipinski definition) is 4. The molecule has 0 saturated carbocycles. The lowest BCUT2D eigenvalue weighted by atomic mass is 9.83. The van der Waals surface area contributed by atoms with Crippen molar-refractivity contribution in [2.24, 2.45) is 10.7 Å². The van der Waals surface area contributed by atoms with E-state index in [0.29, 0.717) is 22.6 Å². The molecule has 1 heterocycles. The van der Waals surface area contributed by atoms with Crippen LogP contribution in [-0.4, -0.2) is 18.1 Å². The number of ether oxygens (including phenoxy) is 1. The Morgan fingerprint density at radius 1 is 1.00 bits per heavy atom. The molecule has 1 aliphatic rings. The van der Waals surface area contributed by atoms with Crippen molar-refractivity contribution in [3.8, 4) is 5.75 Å². The molecule has 4 nitrogen and oxygen atoms in total. The first kappa shape index (κ1) is 13.8. The smallest absolute Gasteiger partial charge is 0.175 e. The quantitative estimate of drug-likeness (QED) is 0.764. The Bertz CT molecular complexity index is 949. The van der Waals surface area contributed by atoms with Crippen molar-refractivity contribution >= 4 is 22.3 Å². The van der Waals surface area contributed by atoms with E-state index in [1.807, 2.05) is 60.7 Å². The summed E-state index contributed by atoms with van der Waals surface area (Å²) < 4.78 is 5.40. The van der Waals surface area contributed by atoms with E-state index >= 15 is 0 Å². The van der Waals surface area contributed by atoms with Crippen molar-refractivity contribution < 1.29 is 9.84 Å². The van der Waals surface area contributed by atoms with E-state index in [9.17, 15) is 5.11 Å². The predicted octanol–water partition coefficient (Wildman–Crippen LogP) is 3.09. The number of para-hydroxylation sites is 1. The molecule has 4 rings (SSSR count). The zero-order valence-corrected chi connectivity index (χ0v) is 12.7. The minimum absolute atomic E-state index is 0.178. The zero-order chi connectivity index (χ0) is 16.0. The van der Waals surface area contributed by atoms with Crippen LogP contribution in [-0.2, 0) is 5.60 Å². The number of nitrogens with zero attached hydrogens (tertiary/aromatic N) is 1. The average molecular weight is 304 g/mol. The van der Waals surface area contributed by atoms with Gasteiger partial charge in [0.1, 0.15) is 11.6 Å². The number of rotatable bonds is 2. The van der Waals surface area contributed by atoms with Gasteiger partial charge in [-0.25, -0.2) is 4.99 Å². The molecule has 114 valence electrons. The molecule has 3 N–H and O–H groups in total. The van der Waals surface area contributed by atoms with Crippen LogP contribution in [0.5, 0.6) is 5.75 Å². The molecule has 4 heteroatoms. The van der Waals surface area contributed by atoms with E-state index < -0.39 is 5.60 Å². The highest BCUT2D eigenvalue weighted by Crippen LogP contribution is 2.44. The van der Waals surface area contributed by atoms with Crippen LogP contribution in [0.15, 0.2) is 65.7 Å². The molecule has 1 unspecified atom stereocenters. The topological polar surface area (TPSA) is 67.8 Å². The van der Waals surface area contributed by atoms with E-state index in [1.165, 1.54) is 0 Å². The molecule has 1 aliphatic heterocycles. The number of fused-ring (bicyclic) bond motifs is 2. The summed E-state index contributed by atoms with van der Waals surface area (Å²) in [6, 6.07) is 19.1. The van der Waals surface area contributed by atoms with Crippen molar-refractivity contribution in [3.63, 3.8) is 0 Å². The number of amidine groups is 1. The van der Waals surface area contributed by atoms with Crippen molar-refractivity contribution in [2.75, 3.05) is 7.11 Å². The number of aliphatic hydroxyl groups is 1. The highest BCUT2D eigenvalue weighted by molar-refractivity contribution is 6.04. The van der Waals surface area contributed by atoms with Crippen LogP contribution in [0.4, 0.5) is 5.69 Å². The molecule has 0 amide bonds. The first-order valence-corrected chi connectivity index (χ1v) is 7.38. The summed E-state index contributed by atoms with van der Waals surface area (Å²) in [5, 5.41) is 13.4. The number of hydrogen-bond donors (Lipinski definition) is 2. The molecule has 0 spiro atoms. The minimum Gasteiger partial charge on any atom is -0.497 e. The van der Waals surface area contributed by atoms with Gasteiger partial charge in [0.2, 0.25) is 0 Å². The molecule has 1 atom stereocenters. The summed E-state index contributed by atoms with van der Waals surface area (Å²) in [5.41, 5.74) is 6.75. The molecular formula is C19H16N2O2. The van der Waals surface area contributed by atoms with Crippen LogP contribution < -0.4 is 10.5 Å². The van der Waals surface area contributed by atoms with Crippen molar-refractivity contribution in [1.29, 1.82) is 0 Å². The molecule has 0 radical (unpaired) electrons. The Morgan fingerprint density at radius 2 is 1.74 bits per heavy atom. The fourth-order valence-electron chi connectivity index (χ4n) is 3.21. The van der Waals surface area contributed by atoms with Crippen molar-refractivity contribution in [2.45, 2.75) is 5.60 Å². The maximum absolute atomic E-state index is 11.5. The Hall–Kier alpha value is -2.85. The van der Waals surface area contributed by atoms with Gasteiger partial charge in [-0.15, -0.1) is 0 Å². The standard InChI is InChI=1S/C19H16N2O2/c1-23-13-10-12-6-2-3-7-14(12)16(11-13)19(22)15-8-4-5-9-17(15)21-18(19)20/h2-11,22H,1H3,(H2,20,21). The predicted molar refractivity (Wildman–Crippen MR) is 91.2 cm³/mol. The van der Waals surface area contributed by atoms with Crippen LogP contribution in [0, 0.1) is 0 Å². The summed E-state index contributed by atoms with van der Waals surface area (Å²) >= 11 is 0. The SMILES string of the molecule is COc1cc(C2(O)C(N)=Nc3ccccc32)c2ccccc2c1. The second-order valence-electron chi connectivity index (χ2n) is 5.62. The number of nitrogens with two attached hydrogens (primary N) is 1. The molecule has 0 fully saturated rings. The van der Waals surface area contributed by atoms with Crippen LogP contribution in [0.3, 0.4) is 0 Å². The maximum atomic E-state index is 11.5. The molecule has 3 aromatic carbocycles. The van der Waals surface area contributed by atoms with Gasteiger partial charge >= 0.3 is 0 Å². The first-order valence-electron chi connectivity index (χ1n) is 7.38. The van der Waals surface area contributed by atoms with E-state index in [2.05, 4.69) is 4.99 Å². The van der Waals surface area contributed by atoms with E-state index in [1.54, 1.807) is 7.11 Å². The van der Waals surface area contributed by atoms with Crippen molar-refractivity contribution in [3.05, 3.63) is 71.8 Å². The second kappa shape index (κ2) is 4.83. The normalized spacial score (nSPS) is 19.5. The van der Waals surface area contributed by atoms with E-state index in [0.717, 1.165) is 10.8 Å². The summed E-state index contributed by atoms with van der Waals surface area (Å²) in [6.07, 6.45) is 0. The Labute approximate surface area is 133 Å². The number of methoxy groups -OCH3 is 1. The minimum atomic E-state index is -1.45. The van der Waals surface area contributed by atoms with Gasteiger partial charge in [-0.2, -0.15) is 0 Å². The summed E-state index contributed by atoms with van der Waals surface area (Å²) in [5.74, 6) is 0.849. The lowest BCUT2D eigenvalue weighted by molar-refractivity contribution is 0.160. The molecule has 0 saturated heterocycles. The Balaban J connectivity index is 2.08. The Morgan fingerprint density at radius 3 is 2.57 bits per heavy atom. The number of aliphatic imine (C=N–C) groups is 1. The van der Waals surface area contributed by atoms with Gasteiger partial charge in [-0.05, 0) is 29.0 Å². The van der Waals surface area contributed by atoms with Gasteiger partial charge in [0.25, 0.3) is 0 Å². The third kappa shape index (κ3) is 1.85. The monoisotopic (exact) mass is 304 g/mol. The summed E-state index contributed by atoms with van der Waals surface area (Å²) in [6.45, 7) is 0. The third-order valence-corrected chi connectivity index (χ3v) is 4.37. The second-order valence-corrected chi connectivity index (χ2v) is 5.62. The fourth-order valence-corrected chi connectivity index (χ4v) is 3.21.